The molecule has 0 radical (unpaired) electrons. The van der Waals surface area contributed by atoms with E-state index < -0.39 is 0 Å². The minimum Gasteiger partial charge on any atom is -0.294 e. The maximum atomic E-state index is 12.0. The number of aryl methyl sites for hydroxylation is 1. The van der Waals surface area contributed by atoms with E-state index in [9.17, 15) is 9.59 Å². The first-order valence-corrected chi connectivity index (χ1v) is 6.22. The second-order valence-electron chi connectivity index (χ2n) is 5.83. The molecule has 1 saturated carbocycles. The normalized spacial score (nSPS) is 18.9. The predicted molar refractivity (Wildman–Crippen MR) is 72.2 cm³/mol. The summed E-state index contributed by atoms with van der Waals surface area (Å²) in [5, 5.41) is 0. The first-order valence-electron chi connectivity index (χ1n) is 6.22. The molecule has 1 fully saturated rings. The Morgan fingerprint density at radius 1 is 1.00 bits per heavy atom. The van der Waals surface area contributed by atoms with Crippen LogP contribution in [0.25, 0.3) is 6.08 Å². The van der Waals surface area contributed by atoms with Crippen molar-refractivity contribution in [3.8, 4) is 0 Å². The zero-order valence-corrected chi connectivity index (χ0v) is 11.1. The summed E-state index contributed by atoms with van der Waals surface area (Å²) in [6, 6.07) is 7.83. The molecule has 18 heavy (non-hydrogen) atoms. The minimum absolute atomic E-state index is 0.0307. The SMILES string of the molecule is Cc1ccc(C=C2C(=O)CC(C)(C)CC2=O)cc1. The van der Waals surface area contributed by atoms with E-state index in [0.29, 0.717) is 18.4 Å². The summed E-state index contributed by atoms with van der Waals surface area (Å²) in [7, 11) is 0. The maximum absolute atomic E-state index is 12.0. The molecule has 0 atom stereocenters. The summed E-state index contributed by atoms with van der Waals surface area (Å²) in [6.07, 6.45) is 2.63. The number of allylic oxidation sites excluding steroid dienone is 1. The highest BCUT2D eigenvalue weighted by atomic mass is 16.1. The number of carbonyl (C=O) groups is 2. The molecule has 0 saturated heterocycles. The number of hydrogen-bond donors (Lipinski definition) is 0. The summed E-state index contributed by atoms with van der Waals surface area (Å²) in [6.45, 7) is 5.94. The van der Waals surface area contributed by atoms with E-state index in [1.54, 1.807) is 6.08 Å². The zero-order valence-electron chi connectivity index (χ0n) is 11.1. The first kappa shape index (κ1) is 12.7. The molecule has 0 bridgehead atoms. The van der Waals surface area contributed by atoms with Crippen LogP contribution in [0.5, 0.6) is 0 Å². The Morgan fingerprint density at radius 2 is 1.50 bits per heavy atom. The lowest BCUT2D eigenvalue weighted by molar-refractivity contribution is -0.127. The van der Waals surface area contributed by atoms with E-state index in [1.165, 1.54) is 5.56 Å². The van der Waals surface area contributed by atoms with Gasteiger partial charge in [0.05, 0.1) is 5.57 Å². The van der Waals surface area contributed by atoms with Crippen LogP contribution in [-0.2, 0) is 9.59 Å². The van der Waals surface area contributed by atoms with E-state index in [-0.39, 0.29) is 17.0 Å². The lowest BCUT2D eigenvalue weighted by Gasteiger charge is -2.28. The molecule has 2 nitrogen and oxygen atoms in total. The number of ketones is 2. The third-order valence-electron chi connectivity index (χ3n) is 3.27. The van der Waals surface area contributed by atoms with Crippen LogP contribution in [0.3, 0.4) is 0 Å². The molecule has 1 aromatic carbocycles. The Hall–Kier alpha value is -1.70. The van der Waals surface area contributed by atoms with Crippen LogP contribution < -0.4 is 0 Å². The van der Waals surface area contributed by atoms with Gasteiger partial charge in [0, 0.05) is 12.8 Å². The molecule has 0 N–H and O–H groups in total. The Balaban J connectivity index is 2.30. The van der Waals surface area contributed by atoms with E-state index >= 15 is 0 Å². The van der Waals surface area contributed by atoms with E-state index in [0.717, 1.165) is 5.56 Å². The van der Waals surface area contributed by atoms with Crippen molar-refractivity contribution in [1.82, 2.24) is 0 Å². The number of rotatable bonds is 1. The highest BCUT2D eigenvalue weighted by Crippen LogP contribution is 2.34. The molecule has 1 aliphatic rings. The molecule has 0 unspecified atom stereocenters. The van der Waals surface area contributed by atoms with Crippen molar-refractivity contribution < 1.29 is 9.59 Å². The van der Waals surface area contributed by atoms with Crippen LogP contribution in [0, 0.1) is 12.3 Å². The van der Waals surface area contributed by atoms with Crippen LogP contribution in [0.1, 0.15) is 37.8 Å². The van der Waals surface area contributed by atoms with Crippen LogP contribution in [0.15, 0.2) is 29.8 Å². The Morgan fingerprint density at radius 3 is 2.00 bits per heavy atom. The van der Waals surface area contributed by atoms with Gasteiger partial charge in [-0.25, -0.2) is 0 Å². The van der Waals surface area contributed by atoms with Crippen molar-refractivity contribution in [2.45, 2.75) is 33.6 Å². The fraction of sp³-hybridized carbons (Fsp3) is 0.375. The largest absolute Gasteiger partial charge is 0.294 e. The third kappa shape index (κ3) is 2.76. The predicted octanol–water partition coefficient (Wildman–Crippen LogP) is 3.34. The molecule has 0 aliphatic heterocycles. The highest BCUT2D eigenvalue weighted by molar-refractivity contribution is 6.25. The maximum Gasteiger partial charge on any atom is 0.167 e. The second-order valence-corrected chi connectivity index (χ2v) is 5.83. The minimum atomic E-state index is -0.196. The van der Waals surface area contributed by atoms with Gasteiger partial charge in [-0.2, -0.15) is 0 Å². The monoisotopic (exact) mass is 242 g/mol. The van der Waals surface area contributed by atoms with Crippen molar-refractivity contribution in [1.29, 1.82) is 0 Å². The number of benzene rings is 1. The summed E-state index contributed by atoms with van der Waals surface area (Å²) >= 11 is 0. The van der Waals surface area contributed by atoms with Gasteiger partial charge in [0.25, 0.3) is 0 Å². The molecule has 0 amide bonds. The molecule has 0 spiro atoms. The molecule has 2 rings (SSSR count). The van der Waals surface area contributed by atoms with Crippen LogP contribution >= 0.6 is 0 Å². The zero-order chi connectivity index (χ0) is 13.3. The van der Waals surface area contributed by atoms with Crippen molar-refractivity contribution in [3.63, 3.8) is 0 Å². The van der Waals surface area contributed by atoms with E-state index in [2.05, 4.69) is 0 Å². The molecule has 2 heteroatoms. The van der Waals surface area contributed by atoms with Crippen LogP contribution in [0.4, 0.5) is 0 Å². The van der Waals surface area contributed by atoms with Crippen LogP contribution in [0.2, 0.25) is 0 Å². The molecular weight excluding hydrogens is 224 g/mol. The van der Waals surface area contributed by atoms with Crippen molar-refractivity contribution in [2.24, 2.45) is 5.41 Å². The van der Waals surface area contributed by atoms with Gasteiger partial charge in [0.15, 0.2) is 11.6 Å². The Labute approximate surface area is 108 Å². The molecule has 94 valence electrons. The molecule has 0 aromatic heterocycles. The summed E-state index contributed by atoms with van der Waals surface area (Å²) in [4.78, 5) is 24.0. The molecular formula is C16H18O2. The fourth-order valence-electron chi connectivity index (χ4n) is 2.27. The van der Waals surface area contributed by atoms with Gasteiger partial charge < -0.3 is 0 Å². The summed E-state index contributed by atoms with van der Waals surface area (Å²) in [5.74, 6) is -0.0614. The average molecular weight is 242 g/mol. The quantitative estimate of drug-likeness (QED) is 0.559. The Bertz CT molecular complexity index is 497. The van der Waals surface area contributed by atoms with Gasteiger partial charge in [-0.05, 0) is 24.0 Å². The van der Waals surface area contributed by atoms with Gasteiger partial charge >= 0.3 is 0 Å². The number of Topliss-reactive ketones (excluding diaryl/α,β-unsaturated/α-hetero) is 2. The van der Waals surface area contributed by atoms with Gasteiger partial charge in [0.1, 0.15) is 0 Å². The highest BCUT2D eigenvalue weighted by Gasteiger charge is 2.35. The van der Waals surface area contributed by atoms with Gasteiger partial charge in [-0.3, -0.25) is 9.59 Å². The second kappa shape index (κ2) is 4.52. The van der Waals surface area contributed by atoms with Crippen molar-refractivity contribution >= 4 is 17.6 Å². The first-order chi connectivity index (χ1) is 8.37. The van der Waals surface area contributed by atoms with E-state index in [1.807, 2.05) is 45.0 Å². The van der Waals surface area contributed by atoms with Gasteiger partial charge in [-0.15, -0.1) is 0 Å². The van der Waals surface area contributed by atoms with Crippen molar-refractivity contribution in [3.05, 3.63) is 41.0 Å². The summed E-state index contributed by atoms with van der Waals surface area (Å²) < 4.78 is 0. The molecule has 1 aliphatic carbocycles. The fourth-order valence-corrected chi connectivity index (χ4v) is 2.27. The molecule has 0 heterocycles. The third-order valence-corrected chi connectivity index (χ3v) is 3.27. The number of hydrogen-bond acceptors (Lipinski definition) is 2. The van der Waals surface area contributed by atoms with Gasteiger partial charge in [-0.1, -0.05) is 43.7 Å². The molecule has 1 aromatic rings. The smallest absolute Gasteiger partial charge is 0.167 e. The number of carbonyl (C=O) groups excluding carboxylic acids is 2. The van der Waals surface area contributed by atoms with E-state index in [4.69, 9.17) is 0 Å². The summed E-state index contributed by atoms with van der Waals surface area (Å²) in [5.41, 5.74) is 2.24. The lowest BCUT2D eigenvalue weighted by Crippen LogP contribution is -2.31. The van der Waals surface area contributed by atoms with Gasteiger partial charge in [0.2, 0.25) is 0 Å². The lowest BCUT2D eigenvalue weighted by atomic mass is 9.74. The van der Waals surface area contributed by atoms with Crippen LogP contribution in [-0.4, -0.2) is 11.6 Å². The standard InChI is InChI=1S/C16H18O2/c1-11-4-6-12(7-5-11)8-13-14(17)9-16(2,3)10-15(13)18/h4-8H,9-10H2,1-3H3. The topological polar surface area (TPSA) is 34.1 Å². The average Bonchev–Trinajstić information content (AvgIpc) is 2.24. The van der Waals surface area contributed by atoms with Crippen molar-refractivity contribution in [2.75, 3.05) is 0 Å². The Kier molecular flexibility index (Phi) is 3.20.